The summed E-state index contributed by atoms with van der Waals surface area (Å²) in [5.74, 6) is 1.13. The van der Waals surface area contributed by atoms with Crippen LogP contribution in [0.4, 0.5) is 0 Å². The number of hydrogen-bond donors (Lipinski definition) is 0. The zero-order valence-corrected chi connectivity index (χ0v) is 15.0. The molecule has 4 heterocycles. The van der Waals surface area contributed by atoms with Crippen molar-refractivity contribution in [3.63, 3.8) is 0 Å². The monoisotopic (exact) mass is 361 g/mol. The highest BCUT2D eigenvalue weighted by Gasteiger charge is 2.29. The average molecular weight is 361 g/mol. The number of fused-ring (bicyclic) bond motifs is 2. The van der Waals surface area contributed by atoms with E-state index in [2.05, 4.69) is 15.1 Å². The third-order valence-corrected chi connectivity index (χ3v) is 5.17. The summed E-state index contributed by atoms with van der Waals surface area (Å²) in [6.45, 7) is 3.32. The third kappa shape index (κ3) is 2.75. The summed E-state index contributed by atoms with van der Waals surface area (Å²) >= 11 is 0. The van der Waals surface area contributed by atoms with Gasteiger partial charge in [-0.05, 0) is 38.0 Å². The Morgan fingerprint density at radius 3 is 3.04 bits per heavy atom. The second kappa shape index (κ2) is 6.19. The number of carbonyl (C=O) groups excluding carboxylic acids is 1. The van der Waals surface area contributed by atoms with E-state index < -0.39 is 0 Å². The molecule has 4 aromatic rings. The van der Waals surface area contributed by atoms with E-state index >= 15 is 0 Å². The van der Waals surface area contributed by atoms with Gasteiger partial charge in [-0.2, -0.15) is 10.1 Å². The zero-order valence-electron chi connectivity index (χ0n) is 15.0. The van der Waals surface area contributed by atoms with Crippen LogP contribution in [-0.4, -0.2) is 43.5 Å². The fourth-order valence-corrected chi connectivity index (χ4v) is 3.90. The lowest BCUT2D eigenvalue weighted by Gasteiger charge is -2.32. The van der Waals surface area contributed by atoms with Crippen LogP contribution in [0.1, 0.15) is 40.7 Å². The van der Waals surface area contributed by atoms with Crippen molar-refractivity contribution in [1.82, 2.24) is 24.5 Å². The van der Waals surface area contributed by atoms with Crippen molar-refractivity contribution in [1.29, 1.82) is 0 Å². The Morgan fingerprint density at radius 2 is 2.15 bits per heavy atom. The molecule has 0 bridgehead atoms. The number of amides is 1. The van der Waals surface area contributed by atoms with Gasteiger partial charge in [-0.15, -0.1) is 0 Å². The predicted octanol–water partition coefficient (Wildman–Crippen LogP) is 3.20. The average Bonchev–Trinajstić information content (AvgIpc) is 3.33. The van der Waals surface area contributed by atoms with E-state index in [0.717, 1.165) is 41.7 Å². The van der Waals surface area contributed by atoms with Gasteiger partial charge in [-0.1, -0.05) is 18.2 Å². The van der Waals surface area contributed by atoms with Crippen LogP contribution < -0.4 is 0 Å². The van der Waals surface area contributed by atoms with Gasteiger partial charge in [-0.3, -0.25) is 4.79 Å². The molecule has 0 N–H and O–H groups in total. The summed E-state index contributed by atoms with van der Waals surface area (Å²) in [4.78, 5) is 23.5. The number of benzene rings is 1. The number of rotatable bonds is 2. The molecule has 1 aromatic carbocycles. The molecule has 7 heteroatoms. The number of aromatic nitrogens is 4. The topological polar surface area (TPSA) is 76.5 Å². The summed E-state index contributed by atoms with van der Waals surface area (Å²) in [7, 11) is 0. The number of furan rings is 1. The molecule has 0 aliphatic carbocycles. The normalized spacial score (nSPS) is 17.7. The Hall–Kier alpha value is -3.22. The fourth-order valence-electron chi connectivity index (χ4n) is 3.90. The Balaban J connectivity index is 1.45. The molecule has 136 valence electrons. The molecule has 1 fully saturated rings. The second-order valence-corrected chi connectivity index (χ2v) is 7.03. The molecule has 0 unspecified atom stereocenters. The van der Waals surface area contributed by atoms with Crippen LogP contribution >= 0.6 is 0 Å². The van der Waals surface area contributed by atoms with Crippen molar-refractivity contribution >= 4 is 22.7 Å². The van der Waals surface area contributed by atoms with Gasteiger partial charge >= 0.3 is 0 Å². The number of para-hydroxylation sites is 1. The minimum Gasteiger partial charge on any atom is -0.451 e. The molecule has 1 aliphatic rings. The first-order chi connectivity index (χ1) is 13.2. The number of nitrogens with zero attached hydrogens (tertiary/aromatic N) is 5. The molecule has 3 aromatic heterocycles. The van der Waals surface area contributed by atoms with Gasteiger partial charge in [0, 0.05) is 30.1 Å². The van der Waals surface area contributed by atoms with Crippen LogP contribution in [0.5, 0.6) is 0 Å². The molecule has 0 saturated carbocycles. The van der Waals surface area contributed by atoms with Gasteiger partial charge in [0.25, 0.3) is 11.7 Å². The molecule has 5 rings (SSSR count). The number of piperidine rings is 1. The Bertz CT molecular complexity index is 1110. The molecule has 1 saturated heterocycles. The highest BCUT2D eigenvalue weighted by atomic mass is 16.3. The first kappa shape index (κ1) is 16.0. The van der Waals surface area contributed by atoms with Gasteiger partial charge in [-0.25, -0.2) is 9.50 Å². The number of hydrogen-bond acceptors (Lipinski definition) is 5. The van der Waals surface area contributed by atoms with Crippen molar-refractivity contribution in [3.05, 3.63) is 59.9 Å². The maximum Gasteiger partial charge on any atom is 0.289 e. The maximum absolute atomic E-state index is 13.0. The van der Waals surface area contributed by atoms with Gasteiger partial charge in [0.1, 0.15) is 11.9 Å². The molecule has 7 nitrogen and oxygen atoms in total. The molecule has 0 radical (unpaired) electrons. The van der Waals surface area contributed by atoms with Gasteiger partial charge in [0.2, 0.25) is 0 Å². The van der Waals surface area contributed by atoms with Crippen LogP contribution in [0.3, 0.4) is 0 Å². The van der Waals surface area contributed by atoms with Crippen molar-refractivity contribution in [3.8, 4) is 0 Å². The molecule has 1 atom stereocenters. The van der Waals surface area contributed by atoms with Crippen molar-refractivity contribution in [2.75, 3.05) is 13.1 Å². The molecular formula is C20H19N5O2. The SMILES string of the molecule is Cc1cc([C@H]2CCCN(C(=O)c3cc4ccccc4o3)C2)n2ncnc2n1. The quantitative estimate of drug-likeness (QED) is 0.548. The van der Waals surface area contributed by atoms with Crippen LogP contribution in [0.2, 0.25) is 0 Å². The molecule has 27 heavy (non-hydrogen) atoms. The van der Waals surface area contributed by atoms with Crippen LogP contribution in [0.15, 0.2) is 47.1 Å². The van der Waals surface area contributed by atoms with E-state index in [-0.39, 0.29) is 11.8 Å². The van der Waals surface area contributed by atoms with Crippen molar-refractivity contribution < 1.29 is 9.21 Å². The minimum atomic E-state index is -0.0588. The van der Waals surface area contributed by atoms with Crippen molar-refractivity contribution in [2.45, 2.75) is 25.7 Å². The number of likely N-dealkylation sites (tertiary alicyclic amines) is 1. The van der Waals surface area contributed by atoms with E-state index in [4.69, 9.17) is 4.42 Å². The standard InChI is InChI=1S/C20H19N5O2/c1-13-9-16(25-20(23-13)21-12-22-25)15-6-4-8-24(11-15)19(26)18-10-14-5-2-3-7-17(14)27-18/h2-3,5,7,9-10,12,15H,4,6,8,11H2,1H3/t15-/m0/s1. The minimum absolute atomic E-state index is 0.0588. The first-order valence-electron chi connectivity index (χ1n) is 9.14. The van der Waals surface area contributed by atoms with Crippen LogP contribution in [0.25, 0.3) is 16.7 Å². The summed E-state index contributed by atoms with van der Waals surface area (Å²) in [5.41, 5.74) is 2.70. The highest BCUT2D eigenvalue weighted by molar-refractivity contribution is 5.96. The van der Waals surface area contributed by atoms with Crippen molar-refractivity contribution in [2.24, 2.45) is 0 Å². The summed E-state index contributed by atoms with van der Waals surface area (Å²) in [5, 5.41) is 5.26. The lowest BCUT2D eigenvalue weighted by molar-refractivity contribution is 0.0675. The van der Waals surface area contributed by atoms with Gasteiger partial charge in [0.05, 0.1) is 5.69 Å². The van der Waals surface area contributed by atoms with E-state index in [1.807, 2.05) is 48.2 Å². The second-order valence-electron chi connectivity index (χ2n) is 7.03. The fraction of sp³-hybridized carbons (Fsp3) is 0.300. The maximum atomic E-state index is 13.0. The van der Waals surface area contributed by atoms with E-state index in [9.17, 15) is 4.79 Å². The van der Waals surface area contributed by atoms with E-state index in [1.54, 1.807) is 4.52 Å². The third-order valence-electron chi connectivity index (χ3n) is 5.17. The molecule has 1 aliphatic heterocycles. The number of carbonyl (C=O) groups is 1. The lowest BCUT2D eigenvalue weighted by atomic mass is 9.94. The van der Waals surface area contributed by atoms with E-state index in [1.165, 1.54) is 6.33 Å². The summed E-state index contributed by atoms with van der Waals surface area (Å²) in [6, 6.07) is 11.6. The van der Waals surface area contributed by atoms with Crippen LogP contribution in [0, 0.1) is 6.92 Å². The predicted molar refractivity (Wildman–Crippen MR) is 99.6 cm³/mol. The summed E-state index contributed by atoms with van der Waals surface area (Å²) < 4.78 is 7.56. The molecular weight excluding hydrogens is 342 g/mol. The Morgan fingerprint density at radius 1 is 1.26 bits per heavy atom. The first-order valence-corrected chi connectivity index (χ1v) is 9.14. The highest BCUT2D eigenvalue weighted by Crippen LogP contribution is 2.29. The smallest absolute Gasteiger partial charge is 0.289 e. The molecule has 1 amide bonds. The Kier molecular flexibility index (Phi) is 3.67. The summed E-state index contributed by atoms with van der Waals surface area (Å²) in [6.07, 6.45) is 3.46. The number of aryl methyl sites for hydroxylation is 1. The van der Waals surface area contributed by atoms with Gasteiger partial charge < -0.3 is 9.32 Å². The van der Waals surface area contributed by atoms with Gasteiger partial charge in [0.15, 0.2) is 5.76 Å². The zero-order chi connectivity index (χ0) is 18.4. The van der Waals surface area contributed by atoms with Crippen LogP contribution in [-0.2, 0) is 0 Å². The largest absolute Gasteiger partial charge is 0.451 e. The molecule has 0 spiro atoms. The van der Waals surface area contributed by atoms with E-state index in [0.29, 0.717) is 18.1 Å². The Labute approximate surface area is 155 Å². The lowest BCUT2D eigenvalue weighted by Crippen LogP contribution is -2.39.